The first-order valence-corrected chi connectivity index (χ1v) is 6.94. The van der Waals surface area contributed by atoms with E-state index >= 15 is 0 Å². The molecule has 1 aromatic heterocycles. The summed E-state index contributed by atoms with van der Waals surface area (Å²) in [6.07, 6.45) is 0.719. The Morgan fingerprint density at radius 3 is 2.68 bits per heavy atom. The number of aromatic nitrogens is 2. The van der Waals surface area contributed by atoms with Crippen molar-refractivity contribution in [2.45, 2.75) is 33.7 Å². The van der Waals surface area contributed by atoms with Crippen LogP contribution in [-0.4, -0.2) is 15.4 Å². The first-order chi connectivity index (χ1) is 8.96. The third kappa shape index (κ3) is 2.90. The molecule has 0 unspecified atom stereocenters. The van der Waals surface area contributed by atoms with E-state index in [0.717, 1.165) is 29.8 Å². The average Bonchev–Trinajstić information content (AvgIpc) is 2.66. The average molecular weight is 276 g/mol. The van der Waals surface area contributed by atoms with E-state index in [-0.39, 0.29) is 5.41 Å². The summed E-state index contributed by atoms with van der Waals surface area (Å²) < 4.78 is 2.19. The number of nitrogens with zero attached hydrogens (tertiary/aromatic N) is 3. The van der Waals surface area contributed by atoms with Crippen molar-refractivity contribution in [3.05, 3.63) is 29.6 Å². The first-order valence-electron chi connectivity index (χ1n) is 6.40. The number of benzene rings is 1. The molecule has 0 aliphatic carbocycles. The van der Waals surface area contributed by atoms with Gasteiger partial charge in [-0.2, -0.15) is 5.26 Å². The van der Waals surface area contributed by atoms with Crippen LogP contribution in [0.4, 0.5) is 0 Å². The Balaban J connectivity index is 2.64. The monoisotopic (exact) mass is 275 g/mol. The van der Waals surface area contributed by atoms with Gasteiger partial charge in [0.15, 0.2) is 0 Å². The number of rotatable bonds is 3. The predicted molar refractivity (Wildman–Crippen MR) is 78.3 cm³/mol. The van der Waals surface area contributed by atoms with E-state index in [2.05, 4.69) is 36.4 Å². The Bertz CT molecular complexity index is 629. The van der Waals surface area contributed by atoms with Gasteiger partial charge in [-0.15, -0.1) is 11.6 Å². The number of fused-ring (bicyclic) bond motifs is 1. The number of aryl methyl sites for hydroxylation is 1. The van der Waals surface area contributed by atoms with Crippen LogP contribution in [0.5, 0.6) is 0 Å². The maximum absolute atomic E-state index is 9.17. The van der Waals surface area contributed by atoms with Gasteiger partial charge >= 0.3 is 0 Å². The molecule has 0 bridgehead atoms. The Morgan fingerprint density at radius 1 is 1.37 bits per heavy atom. The molecule has 2 rings (SSSR count). The lowest BCUT2D eigenvalue weighted by Gasteiger charge is -2.21. The van der Waals surface area contributed by atoms with Crippen molar-refractivity contribution in [2.75, 3.05) is 5.88 Å². The molecule has 1 aromatic carbocycles. The lowest BCUT2D eigenvalue weighted by molar-refractivity contribution is 0.343. The summed E-state index contributed by atoms with van der Waals surface area (Å²) in [5, 5.41) is 9.17. The van der Waals surface area contributed by atoms with E-state index in [0.29, 0.717) is 11.4 Å². The second kappa shape index (κ2) is 5.22. The van der Waals surface area contributed by atoms with Crippen molar-refractivity contribution in [1.29, 1.82) is 5.26 Å². The minimum absolute atomic E-state index is 0.150. The van der Waals surface area contributed by atoms with Crippen molar-refractivity contribution in [1.82, 2.24) is 9.55 Å². The minimum atomic E-state index is 0.150. The van der Waals surface area contributed by atoms with Crippen LogP contribution in [0, 0.1) is 16.7 Å². The van der Waals surface area contributed by atoms with Gasteiger partial charge in [0, 0.05) is 18.8 Å². The molecule has 0 aliphatic heterocycles. The van der Waals surface area contributed by atoms with E-state index in [1.54, 1.807) is 6.07 Å². The molecule has 0 amide bonds. The number of alkyl halides is 1. The summed E-state index contributed by atoms with van der Waals surface area (Å²) in [6.45, 7) is 7.44. The van der Waals surface area contributed by atoms with Crippen LogP contribution >= 0.6 is 11.6 Å². The van der Waals surface area contributed by atoms with E-state index < -0.39 is 0 Å². The fourth-order valence-corrected chi connectivity index (χ4v) is 2.38. The Labute approximate surface area is 118 Å². The summed E-state index contributed by atoms with van der Waals surface area (Å²) in [7, 11) is 0. The standard InChI is InChI=1S/C15H18ClN3/c1-15(2,3)10-19-12-6-4-5-11(9-17)14(12)18-13(19)7-8-16/h4-6H,7-8,10H2,1-3H3. The molecule has 0 N–H and O–H groups in total. The van der Waals surface area contributed by atoms with Gasteiger partial charge < -0.3 is 4.57 Å². The van der Waals surface area contributed by atoms with Gasteiger partial charge in [-0.3, -0.25) is 0 Å². The minimum Gasteiger partial charge on any atom is -0.327 e. The number of imidazole rings is 1. The fraction of sp³-hybridized carbons (Fsp3) is 0.467. The number of para-hydroxylation sites is 1. The van der Waals surface area contributed by atoms with Crippen LogP contribution in [0.2, 0.25) is 0 Å². The van der Waals surface area contributed by atoms with Gasteiger partial charge in [0.25, 0.3) is 0 Å². The predicted octanol–water partition coefficient (Wildman–Crippen LogP) is 3.74. The second-order valence-electron chi connectivity index (χ2n) is 5.90. The molecule has 3 nitrogen and oxygen atoms in total. The number of hydrogen-bond donors (Lipinski definition) is 0. The summed E-state index contributed by atoms with van der Waals surface area (Å²) in [4.78, 5) is 4.61. The zero-order chi connectivity index (χ0) is 14.0. The third-order valence-electron chi connectivity index (χ3n) is 2.93. The van der Waals surface area contributed by atoms with Crippen LogP contribution in [-0.2, 0) is 13.0 Å². The molecule has 0 atom stereocenters. The second-order valence-corrected chi connectivity index (χ2v) is 6.28. The number of halogens is 1. The zero-order valence-electron chi connectivity index (χ0n) is 11.6. The highest BCUT2D eigenvalue weighted by molar-refractivity contribution is 6.17. The van der Waals surface area contributed by atoms with Gasteiger partial charge in [0.05, 0.1) is 11.1 Å². The molecule has 4 heteroatoms. The molecule has 0 aliphatic rings. The highest BCUT2D eigenvalue weighted by atomic mass is 35.5. The summed E-state index contributed by atoms with van der Waals surface area (Å²) in [6, 6.07) is 7.94. The highest BCUT2D eigenvalue weighted by Crippen LogP contribution is 2.25. The molecule has 0 saturated heterocycles. The Kier molecular flexibility index (Phi) is 3.82. The highest BCUT2D eigenvalue weighted by Gasteiger charge is 2.18. The van der Waals surface area contributed by atoms with E-state index in [1.807, 2.05) is 12.1 Å². The van der Waals surface area contributed by atoms with Gasteiger partial charge in [-0.05, 0) is 17.5 Å². The van der Waals surface area contributed by atoms with E-state index in [1.165, 1.54) is 0 Å². The normalized spacial score (nSPS) is 11.7. The quantitative estimate of drug-likeness (QED) is 0.801. The molecule has 2 aromatic rings. The van der Waals surface area contributed by atoms with Crippen LogP contribution in [0.3, 0.4) is 0 Å². The Hall–Kier alpha value is -1.53. The molecular weight excluding hydrogens is 258 g/mol. The molecule has 0 saturated carbocycles. The van der Waals surface area contributed by atoms with Crippen molar-refractivity contribution < 1.29 is 0 Å². The first kappa shape index (κ1) is 13.9. The van der Waals surface area contributed by atoms with Gasteiger partial charge in [0.2, 0.25) is 0 Å². The SMILES string of the molecule is CC(C)(C)Cn1c(CCCl)nc2c(C#N)cccc21. The van der Waals surface area contributed by atoms with Crippen LogP contribution in [0.15, 0.2) is 18.2 Å². The molecular formula is C15H18ClN3. The smallest absolute Gasteiger partial charge is 0.111 e. The largest absolute Gasteiger partial charge is 0.327 e. The van der Waals surface area contributed by atoms with Crippen molar-refractivity contribution in [3.8, 4) is 6.07 Å². The molecule has 0 radical (unpaired) electrons. The van der Waals surface area contributed by atoms with Crippen molar-refractivity contribution >= 4 is 22.6 Å². The maximum atomic E-state index is 9.17. The van der Waals surface area contributed by atoms with Crippen LogP contribution < -0.4 is 0 Å². The summed E-state index contributed by atoms with van der Waals surface area (Å²) in [5.74, 6) is 1.50. The van der Waals surface area contributed by atoms with E-state index in [4.69, 9.17) is 11.6 Å². The summed E-state index contributed by atoms with van der Waals surface area (Å²) >= 11 is 5.86. The molecule has 19 heavy (non-hydrogen) atoms. The number of nitriles is 1. The molecule has 0 spiro atoms. The fourth-order valence-electron chi connectivity index (χ4n) is 2.21. The van der Waals surface area contributed by atoms with Gasteiger partial charge in [-0.1, -0.05) is 26.8 Å². The molecule has 0 fully saturated rings. The van der Waals surface area contributed by atoms with Gasteiger partial charge in [-0.25, -0.2) is 4.98 Å². The van der Waals surface area contributed by atoms with Crippen molar-refractivity contribution in [2.24, 2.45) is 5.41 Å². The summed E-state index contributed by atoms with van der Waals surface area (Å²) in [5.41, 5.74) is 2.58. The van der Waals surface area contributed by atoms with Crippen LogP contribution in [0.25, 0.3) is 11.0 Å². The lowest BCUT2D eigenvalue weighted by Crippen LogP contribution is -2.17. The van der Waals surface area contributed by atoms with Crippen LogP contribution in [0.1, 0.15) is 32.2 Å². The Morgan fingerprint density at radius 2 is 2.11 bits per heavy atom. The maximum Gasteiger partial charge on any atom is 0.111 e. The zero-order valence-corrected chi connectivity index (χ0v) is 12.3. The molecule has 100 valence electrons. The van der Waals surface area contributed by atoms with Gasteiger partial charge in [0.1, 0.15) is 17.4 Å². The topological polar surface area (TPSA) is 41.6 Å². The molecule has 1 heterocycles. The third-order valence-corrected chi connectivity index (χ3v) is 3.12. The lowest BCUT2D eigenvalue weighted by atomic mass is 9.96. The number of hydrogen-bond acceptors (Lipinski definition) is 2. The van der Waals surface area contributed by atoms with E-state index in [9.17, 15) is 5.26 Å². The van der Waals surface area contributed by atoms with Crippen molar-refractivity contribution in [3.63, 3.8) is 0 Å².